The van der Waals surface area contributed by atoms with Crippen molar-refractivity contribution in [2.75, 3.05) is 14.2 Å². The van der Waals surface area contributed by atoms with Gasteiger partial charge in [0.05, 0.1) is 25.8 Å². The minimum atomic E-state index is -0.250. The fourth-order valence-electron chi connectivity index (χ4n) is 3.04. The molecule has 0 radical (unpaired) electrons. The highest BCUT2D eigenvalue weighted by Gasteiger charge is 2.18. The van der Waals surface area contributed by atoms with E-state index in [4.69, 9.17) is 20.6 Å². The molecule has 0 heterocycles. The molecule has 0 spiro atoms. The number of hydrogen-bond donors (Lipinski definition) is 3. The molecule has 148 valence electrons. The van der Waals surface area contributed by atoms with E-state index in [0.717, 1.165) is 16.9 Å². The van der Waals surface area contributed by atoms with Gasteiger partial charge in [0.25, 0.3) is 5.91 Å². The van der Waals surface area contributed by atoms with Crippen LogP contribution >= 0.6 is 0 Å². The summed E-state index contributed by atoms with van der Waals surface area (Å²) in [7, 11) is 3.12. The van der Waals surface area contributed by atoms with Gasteiger partial charge in [-0.05, 0) is 56.2 Å². The second-order valence-corrected chi connectivity index (χ2v) is 6.57. The van der Waals surface area contributed by atoms with E-state index in [1.165, 1.54) is 7.11 Å². The molecule has 6 nitrogen and oxygen atoms in total. The topological polar surface area (TPSA) is 97.4 Å². The van der Waals surface area contributed by atoms with Crippen LogP contribution in [0.5, 0.6) is 11.5 Å². The van der Waals surface area contributed by atoms with Gasteiger partial charge >= 0.3 is 0 Å². The molecule has 2 rings (SSSR count). The minimum absolute atomic E-state index is 0.211. The molecule has 0 aromatic heterocycles. The summed E-state index contributed by atoms with van der Waals surface area (Å²) in [4.78, 5) is 12.8. The lowest BCUT2D eigenvalue weighted by Crippen LogP contribution is -2.27. The van der Waals surface area contributed by atoms with Crippen LogP contribution in [0.15, 0.2) is 48.2 Å². The zero-order valence-corrected chi connectivity index (χ0v) is 16.9. The maximum atomic E-state index is 12.8. The maximum Gasteiger partial charge on any atom is 0.255 e. The van der Waals surface area contributed by atoms with Crippen LogP contribution in [0, 0.1) is 5.41 Å². The van der Waals surface area contributed by atoms with E-state index in [2.05, 4.69) is 5.32 Å². The number of allylic oxidation sites excluding steroid dienone is 2. The number of hydrogen-bond acceptors (Lipinski definition) is 5. The third kappa shape index (κ3) is 4.71. The van der Waals surface area contributed by atoms with Crippen molar-refractivity contribution in [3.05, 3.63) is 64.9 Å². The summed E-state index contributed by atoms with van der Waals surface area (Å²) in [6, 6.07) is 12.5. The van der Waals surface area contributed by atoms with Crippen LogP contribution in [0.1, 0.15) is 48.3 Å². The van der Waals surface area contributed by atoms with Gasteiger partial charge in [0.2, 0.25) is 0 Å². The van der Waals surface area contributed by atoms with Gasteiger partial charge < -0.3 is 25.9 Å². The van der Waals surface area contributed by atoms with E-state index in [-0.39, 0.29) is 11.9 Å². The Morgan fingerprint density at radius 3 is 2.39 bits per heavy atom. The lowest BCUT2D eigenvalue weighted by molar-refractivity contribution is 0.0936. The average molecular weight is 381 g/mol. The molecular weight excluding hydrogens is 354 g/mol. The normalized spacial score (nSPS) is 12.6. The highest BCUT2D eigenvalue weighted by Crippen LogP contribution is 2.27. The minimum Gasteiger partial charge on any atom is -0.497 e. The molecule has 4 N–H and O–H groups in total. The molecule has 0 aliphatic rings. The number of nitrogens with two attached hydrogens (primary N) is 1. The molecule has 2 aromatic rings. The van der Waals surface area contributed by atoms with Gasteiger partial charge in [0.1, 0.15) is 11.5 Å². The molecule has 0 bridgehead atoms. The number of methoxy groups -OCH3 is 2. The number of carbonyl (C=O) groups excluding carboxylic acids is 1. The van der Waals surface area contributed by atoms with Crippen molar-refractivity contribution in [1.82, 2.24) is 5.32 Å². The molecule has 0 aliphatic carbocycles. The van der Waals surface area contributed by atoms with Crippen LogP contribution < -0.4 is 20.5 Å². The van der Waals surface area contributed by atoms with Gasteiger partial charge in [-0.15, -0.1) is 0 Å². The van der Waals surface area contributed by atoms with Crippen LogP contribution in [0.2, 0.25) is 0 Å². The van der Waals surface area contributed by atoms with Crippen molar-refractivity contribution in [3.63, 3.8) is 0 Å². The molecule has 1 amide bonds. The number of nitrogens with one attached hydrogen (secondary N) is 2. The van der Waals surface area contributed by atoms with Gasteiger partial charge in [-0.2, -0.15) is 0 Å². The van der Waals surface area contributed by atoms with Gasteiger partial charge in [-0.25, -0.2) is 0 Å². The Balaban J connectivity index is 2.30. The highest BCUT2D eigenvalue weighted by molar-refractivity contribution is 6.22. The largest absolute Gasteiger partial charge is 0.497 e. The zero-order chi connectivity index (χ0) is 20.8. The fraction of sp³-hybridized carbons (Fsp3) is 0.273. The molecule has 0 unspecified atom stereocenters. The second kappa shape index (κ2) is 9.08. The third-order valence-corrected chi connectivity index (χ3v) is 4.45. The molecular formula is C22H27N3O3. The Labute approximate surface area is 165 Å². The quantitative estimate of drug-likeness (QED) is 0.633. The predicted octanol–water partition coefficient (Wildman–Crippen LogP) is 3.92. The van der Waals surface area contributed by atoms with E-state index in [1.807, 2.05) is 31.2 Å². The number of ether oxygens (including phenoxy) is 2. The van der Waals surface area contributed by atoms with E-state index < -0.39 is 0 Å². The van der Waals surface area contributed by atoms with Crippen molar-refractivity contribution in [2.45, 2.75) is 26.8 Å². The Hall–Kier alpha value is -3.28. The SMILES string of the molecule is COc1cccc([C@@H](C)NC(=O)c2ccc(/C(C(C)=N)=C(\C)N)cc2OC)c1. The first kappa shape index (κ1) is 21.0. The van der Waals surface area contributed by atoms with E-state index in [1.54, 1.807) is 39.2 Å². The maximum absolute atomic E-state index is 12.8. The summed E-state index contributed by atoms with van der Waals surface area (Å²) >= 11 is 0. The first-order valence-electron chi connectivity index (χ1n) is 8.93. The molecule has 1 atom stereocenters. The molecule has 0 aliphatic heterocycles. The number of amides is 1. The predicted molar refractivity (Wildman–Crippen MR) is 112 cm³/mol. The van der Waals surface area contributed by atoms with Crippen LogP contribution in [0.4, 0.5) is 0 Å². The van der Waals surface area contributed by atoms with Crippen molar-refractivity contribution in [1.29, 1.82) is 5.41 Å². The summed E-state index contributed by atoms with van der Waals surface area (Å²) in [5, 5.41) is 10.9. The van der Waals surface area contributed by atoms with Gasteiger partial charge in [-0.1, -0.05) is 18.2 Å². The molecule has 28 heavy (non-hydrogen) atoms. The van der Waals surface area contributed by atoms with Crippen LogP contribution in [-0.2, 0) is 0 Å². The molecule has 0 saturated carbocycles. The van der Waals surface area contributed by atoms with Crippen molar-refractivity contribution >= 4 is 17.2 Å². The first-order chi connectivity index (χ1) is 13.3. The third-order valence-electron chi connectivity index (χ3n) is 4.45. The summed E-state index contributed by atoms with van der Waals surface area (Å²) < 4.78 is 10.7. The summed E-state index contributed by atoms with van der Waals surface area (Å²) in [6.07, 6.45) is 0. The Bertz CT molecular complexity index is 915. The highest BCUT2D eigenvalue weighted by atomic mass is 16.5. The molecule has 2 aromatic carbocycles. The van der Waals surface area contributed by atoms with Gasteiger partial charge in [0.15, 0.2) is 0 Å². The van der Waals surface area contributed by atoms with E-state index >= 15 is 0 Å². The molecule has 0 fully saturated rings. The Kier molecular flexibility index (Phi) is 6.82. The monoisotopic (exact) mass is 381 g/mol. The van der Waals surface area contributed by atoms with Crippen LogP contribution in [0.25, 0.3) is 5.57 Å². The van der Waals surface area contributed by atoms with Crippen molar-refractivity contribution in [2.24, 2.45) is 5.73 Å². The van der Waals surface area contributed by atoms with E-state index in [0.29, 0.717) is 28.3 Å². The van der Waals surface area contributed by atoms with Crippen molar-refractivity contribution in [3.8, 4) is 11.5 Å². The van der Waals surface area contributed by atoms with Crippen LogP contribution in [-0.4, -0.2) is 25.8 Å². The Morgan fingerprint density at radius 2 is 1.82 bits per heavy atom. The van der Waals surface area contributed by atoms with Crippen LogP contribution in [0.3, 0.4) is 0 Å². The lowest BCUT2D eigenvalue weighted by atomic mass is 9.98. The first-order valence-corrected chi connectivity index (χ1v) is 8.93. The Morgan fingerprint density at radius 1 is 1.11 bits per heavy atom. The van der Waals surface area contributed by atoms with Gasteiger partial charge in [0, 0.05) is 17.0 Å². The smallest absolute Gasteiger partial charge is 0.255 e. The van der Waals surface area contributed by atoms with Gasteiger partial charge in [-0.3, -0.25) is 4.79 Å². The summed E-state index contributed by atoms with van der Waals surface area (Å²) in [6.45, 7) is 5.33. The van der Waals surface area contributed by atoms with E-state index in [9.17, 15) is 4.79 Å². The number of rotatable bonds is 7. The summed E-state index contributed by atoms with van der Waals surface area (Å²) in [5.41, 5.74) is 9.54. The van der Waals surface area contributed by atoms with Crippen molar-refractivity contribution < 1.29 is 14.3 Å². The average Bonchev–Trinajstić information content (AvgIpc) is 2.67. The zero-order valence-electron chi connectivity index (χ0n) is 16.9. The number of benzene rings is 2. The second-order valence-electron chi connectivity index (χ2n) is 6.57. The lowest BCUT2D eigenvalue weighted by Gasteiger charge is -2.17. The molecule has 0 saturated heterocycles. The number of carbonyl (C=O) groups is 1. The summed E-state index contributed by atoms with van der Waals surface area (Å²) in [5.74, 6) is 0.909. The fourth-order valence-corrected chi connectivity index (χ4v) is 3.04. The standard InChI is InChI=1S/C22H27N3O3/c1-13(23)21(14(2)24)17-9-10-19(20(12-17)28-5)22(26)25-15(3)16-7-6-8-18(11-16)27-4/h6-12,15,23H,24H2,1-5H3,(H,25,26)/b21-14+,23-13?/t15-/m1/s1. The molecule has 6 heteroatoms.